The second kappa shape index (κ2) is 4.23. The van der Waals surface area contributed by atoms with Gasteiger partial charge in [-0.15, -0.1) is 0 Å². The summed E-state index contributed by atoms with van der Waals surface area (Å²) in [7, 11) is 0. The van der Waals surface area contributed by atoms with Crippen molar-refractivity contribution in [3.05, 3.63) is 17.1 Å². The van der Waals surface area contributed by atoms with E-state index in [-0.39, 0.29) is 5.78 Å². The molecule has 0 N–H and O–H groups in total. The van der Waals surface area contributed by atoms with Gasteiger partial charge >= 0.3 is 0 Å². The third kappa shape index (κ3) is 2.42. The minimum atomic E-state index is 0.231. The summed E-state index contributed by atoms with van der Waals surface area (Å²) < 4.78 is 3.87. The van der Waals surface area contributed by atoms with Crippen molar-refractivity contribution >= 4 is 17.3 Å². The maximum Gasteiger partial charge on any atom is 0.174 e. The van der Waals surface area contributed by atoms with Crippen molar-refractivity contribution in [1.82, 2.24) is 4.37 Å². The molecule has 3 heteroatoms. The highest BCUT2D eigenvalue weighted by Gasteiger charge is 2.05. The van der Waals surface area contributed by atoms with Crippen molar-refractivity contribution < 1.29 is 4.79 Å². The number of ketones is 1. The van der Waals surface area contributed by atoms with Gasteiger partial charge < -0.3 is 0 Å². The molecule has 0 atom stereocenters. The molecule has 1 rings (SSSR count). The Morgan fingerprint density at radius 3 is 3.09 bits per heavy atom. The van der Waals surface area contributed by atoms with Crippen molar-refractivity contribution in [3.63, 3.8) is 0 Å². The van der Waals surface area contributed by atoms with Gasteiger partial charge in [0.25, 0.3) is 0 Å². The zero-order valence-electron chi connectivity index (χ0n) is 6.54. The lowest BCUT2D eigenvalue weighted by Crippen LogP contribution is -1.94. The van der Waals surface area contributed by atoms with Gasteiger partial charge in [-0.2, -0.15) is 0 Å². The Hall–Kier alpha value is -0.700. The Bertz CT molecular complexity index is 218. The van der Waals surface area contributed by atoms with Crippen LogP contribution >= 0.6 is 11.5 Å². The molecule has 0 radical (unpaired) electrons. The number of carbonyl (C=O) groups is 1. The fraction of sp³-hybridized carbons (Fsp3) is 0.500. The van der Waals surface area contributed by atoms with Crippen LogP contribution in [-0.2, 0) is 0 Å². The fourth-order valence-corrected chi connectivity index (χ4v) is 1.38. The van der Waals surface area contributed by atoms with E-state index in [1.54, 1.807) is 12.3 Å². The SMILES string of the molecule is CCCCC(=O)c1ccns1. The number of hydrogen-bond donors (Lipinski definition) is 0. The van der Waals surface area contributed by atoms with Gasteiger partial charge in [0, 0.05) is 12.6 Å². The molecule has 0 spiro atoms. The monoisotopic (exact) mass is 169 g/mol. The number of nitrogens with zero attached hydrogens (tertiary/aromatic N) is 1. The van der Waals surface area contributed by atoms with Crippen molar-refractivity contribution in [2.75, 3.05) is 0 Å². The normalized spacial score (nSPS) is 9.91. The van der Waals surface area contributed by atoms with Crippen molar-refractivity contribution in [2.45, 2.75) is 26.2 Å². The van der Waals surface area contributed by atoms with Gasteiger partial charge in [-0.05, 0) is 24.0 Å². The molecule has 11 heavy (non-hydrogen) atoms. The van der Waals surface area contributed by atoms with E-state index >= 15 is 0 Å². The Morgan fingerprint density at radius 2 is 2.55 bits per heavy atom. The smallest absolute Gasteiger partial charge is 0.174 e. The highest BCUT2D eigenvalue weighted by Crippen LogP contribution is 2.09. The summed E-state index contributed by atoms with van der Waals surface area (Å²) in [6.45, 7) is 2.08. The minimum absolute atomic E-state index is 0.231. The molecule has 1 aromatic rings. The predicted octanol–water partition coefficient (Wildman–Crippen LogP) is 2.52. The van der Waals surface area contributed by atoms with Crippen LogP contribution < -0.4 is 0 Å². The summed E-state index contributed by atoms with van der Waals surface area (Å²) in [6.07, 6.45) is 4.39. The van der Waals surface area contributed by atoms with Crippen molar-refractivity contribution in [1.29, 1.82) is 0 Å². The highest BCUT2D eigenvalue weighted by molar-refractivity contribution is 7.08. The summed E-state index contributed by atoms with van der Waals surface area (Å²) in [5.41, 5.74) is 0. The third-order valence-corrected chi connectivity index (χ3v) is 2.26. The molecule has 0 aliphatic heterocycles. The number of rotatable bonds is 4. The van der Waals surface area contributed by atoms with Crippen LogP contribution in [0.1, 0.15) is 35.9 Å². The van der Waals surface area contributed by atoms with Gasteiger partial charge in [-0.3, -0.25) is 4.79 Å². The van der Waals surface area contributed by atoms with Gasteiger partial charge in [-0.1, -0.05) is 13.3 Å². The lowest BCUT2D eigenvalue weighted by Gasteiger charge is -1.92. The van der Waals surface area contributed by atoms with Crippen LogP contribution in [0, 0.1) is 0 Å². The van der Waals surface area contributed by atoms with Gasteiger partial charge in [0.05, 0.1) is 4.88 Å². The standard InChI is InChI=1S/C8H11NOS/c1-2-3-4-7(10)8-5-6-9-11-8/h5-6H,2-4H2,1H3. The molecule has 0 bridgehead atoms. The molecular weight excluding hydrogens is 158 g/mol. The van der Waals surface area contributed by atoms with Crippen LogP contribution in [0.5, 0.6) is 0 Å². The van der Waals surface area contributed by atoms with Crippen molar-refractivity contribution in [3.8, 4) is 0 Å². The fourth-order valence-electron chi connectivity index (χ4n) is 0.820. The van der Waals surface area contributed by atoms with E-state index in [4.69, 9.17) is 0 Å². The maximum atomic E-state index is 11.2. The molecule has 0 aliphatic carbocycles. The number of hydrogen-bond acceptors (Lipinski definition) is 3. The topological polar surface area (TPSA) is 30.0 Å². The highest BCUT2D eigenvalue weighted by atomic mass is 32.1. The lowest BCUT2D eigenvalue weighted by atomic mass is 10.2. The van der Waals surface area contributed by atoms with E-state index in [2.05, 4.69) is 11.3 Å². The lowest BCUT2D eigenvalue weighted by molar-refractivity contribution is 0.0983. The van der Waals surface area contributed by atoms with Gasteiger partial charge in [0.1, 0.15) is 0 Å². The van der Waals surface area contributed by atoms with E-state index in [0.717, 1.165) is 17.7 Å². The number of unbranched alkanes of at least 4 members (excludes halogenated alkanes) is 1. The molecular formula is C8H11NOS. The molecule has 0 aromatic carbocycles. The number of aromatic nitrogens is 1. The van der Waals surface area contributed by atoms with Crippen LogP contribution in [-0.4, -0.2) is 10.2 Å². The zero-order chi connectivity index (χ0) is 8.10. The number of Topliss-reactive ketones (excluding diaryl/α,β-unsaturated/α-hetero) is 1. The summed E-state index contributed by atoms with van der Waals surface area (Å²) in [6, 6.07) is 1.78. The Kier molecular flexibility index (Phi) is 3.23. The minimum Gasteiger partial charge on any atom is -0.293 e. The quantitative estimate of drug-likeness (QED) is 0.648. The Morgan fingerprint density at radius 1 is 1.73 bits per heavy atom. The summed E-state index contributed by atoms with van der Waals surface area (Å²) >= 11 is 1.28. The zero-order valence-corrected chi connectivity index (χ0v) is 7.36. The van der Waals surface area contributed by atoms with Gasteiger partial charge in [0.2, 0.25) is 0 Å². The second-order valence-electron chi connectivity index (χ2n) is 2.40. The van der Waals surface area contributed by atoms with E-state index in [1.165, 1.54) is 11.5 Å². The van der Waals surface area contributed by atoms with Crippen LogP contribution in [0.15, 0.2) is 12.3 Å². The number of carbonyl (C=O) groups excluding carboxylic acids is 1. The first kappa shape index (κ1) is 8.40. The molecule has 0 amide bonds. The first-order chi connectivity index (χ1) is 5.34. The van der Waals surface area contributed by atoms with E-state index in [9.17, 15) is 4.79 Å². The molecule has 1 aromatic heterocycles. The molecule has 1 heterocycles. The van der Waals surface area contributed by atoms with Crippen molar-refractivity contribution in [2.24, 2.45) is 0 Å². The molecule has 60 valence electrons. The largest absolute Gasteiger partial charge is 0.293 e. The van der Waals surface area contributed by atoms with E-state index in [1.807, 2.05) is 0 Å². The third-order valence-electron chi connectivity index (χ3n) is 1.47. The molecule has 2 nitrogen and oxygen atoms in total. The summed E-state index contributed by atoms with van der Waals surface area (Å²) in [4.78, 5) is 12.0. The Labute approximate surface area is 70.4 Å². The maximum absolute atomic E-state index is 11.2. The molecule has 0 aliphatic rings. The average molecular weight is 169 g/mol. The summed E-state index contributed by atoms with van der Waals surface area (Å²) in [5, 5.41) is 0. The van der Waals surface area contributed by atoms with Crippen LogP contribution in [0.3, 0.4) is 0 Å². The van der Waals surface area contributed by atoms with Gasteiger partial charge in [0.15, 0.2) is 5.78 Å². The van der Waals surface area contributed by atoms with E-state index < -0.39 is 0 Å². The molecule has 0 saturated heterocycles. The van der Waals surface area contributed by atoms with Crippen LogP contribution in [0.2, 0.25) is 0 Å². The van der Waals surface area contributed by atoms with Crippen LogP contribution in [0.25, 0.3) is 0 Å². The predicted molar refractivity (Wildman–Crippen MR) is 46.0 cm³/mol. The van der Waals surface area contributed by atoms with Gasteiger partial charge in [-0.25, -0.2) is 4.37 Å². The Balaban J connectivity index is 2.43. The van der Waals surface area contributed by atoms with Crippen LogP contribution in [0.4, 0.5) is 0 Å². The average Bonchev–Trinajstić information content (AvgIpc) is 2.52. The first-order valence-electron chi connectivity index (χ1n) is 3.78. The molecule has 0 saturated carbocycles. The second-order valence-corrected chi connectivity index (χ2v) is 3.24. The summed E-state index contributed by atoms with van der Waals surface area (Å²) in [5.74, 6) is 0.231. The molecule has 0 fully saturated rings. The van der Waals surface area contributed by atoms with E-state index in [0.29, 0.717) is 6.42 Å². The first-order valence-corrected chi connectivity index (χ1v) is 4.56. The molecule has 0 unspecified atom stereocenters.